The summed E-state index contributed by atoms with van der Waals surface area (Å²) in [6, 6.07) is 12.0. The van der Waals surface area contributed by atoms with Crippen molar-refractivity contribution in [2.45, 2.75) is 51.9 Å². The van der Waals surface area contributed by atoms with Crippen LogP contribution in [0, 0.1) is 18.8 Å². The van der Waals surface area contributed by atoms with Crippen LogP contribution in [0.2, 0.25) is 5.02 Å². The Kier molecular flexibility index (Phi) is 9.83. The van der Waals surface area contributed by atoms with Crippen LogP contribution < -0.4 is 4.90 Å². The van der Waals surface area contributed by atoms with E-state index in [2.05, 4.69) is 42.2 Å². The van der Waals surface area contributed by atoms with Gasteiger partial charge in [0.2, 0.25) is 0 Å². The van der Waals surface area contributed by atoms with E-state index in [1.165, 1.54) is 5.56 Å². The van der Waals surface area contributed by atoms with Gasteiger partial charge < -0.3 is 4.90 Å². The molecule has 11 heteroatoms. The Bertz CT molecular complexity index is 1640. The molecule has 41 heavy (non-hydrogen) atoms. The van der Waals surface area contributed by atoms with Gasteiger partial charge in [0.25, 0.3) is 20.2 Å². The third-order valence-electron chi connectivity index (χ3n) is 7.17. The van der Waals surface area contributed by atoms with E-state index < -0.39 is 20.2 Å². The second-order valence-corrected chi connectivity index (χ2v) is 15.6. The van der Waals surface area contributed by atoms with Crippen molar-refractivity contribution >= 4 is 54.9 Å². The lowest BCUT2D eigenvalue weighted by molar-refractivity contribution is 0.467. The topological polar surface area (TPSA) is 112 Å². The lowest BCUT2D eigenvalue weighted by Crippen LogP contribution is -2.28. The van der Waals surface area contributed by atoms with Crippen LogP contribution in [0.3, 0.4) is 0 Å². The van der Waals surface area contributed by atoms with Crippen LogP contribution >= 0.6 is 23.4 Å². The molecule has 2 aromatic rings. The quantitative estimate of drug-likeness (QED) is 0.249. The van der Waals surface area contributed by atoms with Crippen molar-refractivity contribution < 1.29 is 25.9 Å². The summed E-state index contributed by atoms with van der Waals surface area (Å²) < 4.78 is 65.1. The predicted molar refractivity (Wildman–Crippen MR) is 169 cm³/mol. The molecular weight excluding hydrogens is 602 g/mol. The maximum Gasteiger partial charge on any atom is 0.265 e. The fourth-order valence-corrected chi connectivity index (χ4v) is 8.43. The number of thioether (sulfide) groups is 1. The van der Waals surface area contributed by atoms with Crippen molar-refractivity contribution in [3.05, 3.63) is 86.4 Å². The van der Waals surface area contributed by atoms with Gasteiger partial charge in [-0.3, -0.25) is 9.11 Å². The van der Waals surface area contributed by atoms with Crippen molar-refractivity contribution in [3.8, 4) is 0 Å². The van der Waals surface area contributed by atoms with Gasteiger partial charge in [-0.1, -0.05) is 74.0 Å². The number of hydrogen-bond acceptors (Lipinski definition) is 6. The van der Waals surface area contributed by atoms with E-state index in [9.17, 15) is 25.9 Å². The van der Waals surface area contributed by atoms with E-state index >= 15 is 0 Å². The molecule has 7 nitrogen and oxygen atoms in total. The first-order valence-corrected chi connectivity index (χ1v) is 17.9. The molecule has 1 heterocycles. The number of nitrogens with zero attached hydrogens (tertiary/aromatic N) is 1. The minimum atomic E-state index is -4.12. The number of halogens is 1. The second-order valence-electron chi connectivity index (χ2n) is 11.1. The summed E-state index contributed by atoms with van der Waals surface area (Å²) in [5.74, 6) is -1.24. The fourth-order valence-electron chi connectivity index (χ4n) is 5.48. The average molecular weight is 638 g/mol. The average Bonchev–Trinajstić information content (AvgIpc) is 3.33. The molecular formula is C30H36ClNO6S3. The highest BCUT2D eigenvalue weighted by Crippen LogP contribution is 2.48. The largest absolute Gasteiger partial charge is 0.335 e. The van der Waals surface area contributed by atoms with E-state index in [0.29, 0.717) is 18.0 Å². The molecule has 1 aliphatic heterocycles. The third-order valence-corrected chi connectivity index (χ3v) is 10.5. The summed E-state index contributed by atoms with van der Waals surface area (Å²) in [5.41, 5.74) is 7.62. The van der Waals surface area contributed by atoms with Crippen LogP contribution in [-0.2, 0) is 26.7 Å². The molecule has 0 fully saturated rings. The van der Waals surface area contributed by atoms with Gasteiger partial charge >= 0.3 is 0 Å². The molecule has 0 spiro atoms. The minimum absolute atomic E-state index is 0.261. The molecule has 222 valence electrons. The summed E-state index contributed by atoms with van der Waals surface area (Å²) in [7, 11) is -8.21. The third kappa shape index (κ3) is 8.49. The Balaban J connectivity index is 1.73. The lowest BCUT2D eigenvalue weighted by atomic mass is 9.94. The molecule has 0 saturated heterocycles. The molecule has 0 bridgehead atoms. The van der Waals surface area contributed by atoms with E-state index in [4.69, 9.17) is 11.6 Å². The van der Waals surface area contributed by atoms with Gasteiger partial charge in [-0.25, -0.2) is 0 Å². The van der Waals surface area contributed by atoms with Crippen LogP contribution in [0.4, 0.5) is 5.69 Å². The normalized spacial score (nSPS) is 18.2. The molecule has 0 saturated carbocycles. The van der Waals surface area contributed by atoms with E-state index in [1.54, 1.807) is 18.7 Å². The number of anilines is 1. The van der Waals surface area contributed by atoms with Crippen molar-refractivity contribution in [2.24, 2.45) is 11.8 Å². The smallest absolute Gasteiger partial charge is 0.265 e. The highest BCUT2D eigenvalue weighted by atomic mass is 35.5. The van der Waals surface area contributed by atoms with E-state index in [-0.39, 0.29) is 23.3 Å². The Labute approximate surface area is 252 Å². The molecule has 1 aliphatic carbocycles. The molecule has 2 unspecified atom stereocenters. The molecule has 4 rings (SSSR count). The van der Waals surface area contributed by atoms with Gasteiger partial charge in [0.1, 0.15) is 0 Å². The molecule has 2 aliphatic rings. The number of fused-ring (bicyclic) bond motifs is 2. The Morgan fingerprint density at radius 1 is 1.05 bits per heavy atom. The number of benzene rings is 2. The van der Waals surface area contributed by atoms with Gasteiger partial charge in [-0.05, 0) is 90.1 Å². The summed E-state index contributed by atoms with van der Waals surface area (Å²) in [6.45, 7) is 8.12. The van der Waals surface area contributed by atoms with E-state index in [0.717, 1.165) is 56.3 Å². The van der Waals surface area contributed by atoms with E-state index in [1.807, 2.05) is 32.0 Å². The monoisotopic (exact) mass is 637 g/mol. The lowest BCUT2D eigenvalue weighted by Gasteiger charge is -2.24. The first kappa shape index (κ1) is 31.8. The summed E-state index contributed by atoms with van der Waals surface area (Å²) in [5, 5.41) is 1.52. The van der Waals surface area contributed by atoms with Gasteiger partial charge in [0.15, 0.2) is 0 Å². The highest BCUT2D eigenvalue weighted by Gasteiger charge is 2.29. The minimum Gasteiger partial charge on any atom is -0.335 e. The zero-order valence-electron chi connectivity index (χ0n) is 23.6. The number of aryl methyl sites for hydroxylation is 1. The van der Waals surface area contributed by atoms with Crippen LogP contribution in [0.25, 0.3) is 5.57 Å². The molecule has 0 aromatic heterocycles. The summed E-state index contributed by atoms with van der Waals surface area (Å²) in [4.78, 5) is 3.07. The first-order chi connectivity index (χ1) is 19.1. The zero-order chi connectivity index (χ0) is 30.1. The molecule has 2 atom stereocenters. The number of hydrogen-bond donors (Lipinski definition) is 2. The Morgan fingerprint density at radius 3 is 2.39 bits per heavy atom. The maximum absolute atomic E-state index is 11.6. The van der Waals surface area contributed by atoms with Gasteiger partial charge in [-0.2, -0.15) is 16.8 Å². The molecule has 0 amide bonds. The van der Waals surface area contributed by atoms with Gasteiger partial charge in [-0.15, -0.1) is 0 Å². The van der Waals surface area contributed by atoms with Crippen LogP contribution in [0.1, 0.15) is 50.3 Å². The first-order valence-electron chi connectivity index (χ1n) is 13.5. The van der Waals surface area contributed by atoms with Crippen molar-refractivity contribution in [1.29, 1.82) is 0 Å². The fraction of sp³-hybridized carbons (Fsp3) is 0.400. The SMILES string of the molecule is CCC(/C=C1\Sc2ccc(Cl)cc2N1CC(C)CS(=O)(=O)O)=C\C1=C(CC(C)CS(=O)(=O)O)c2cc(C)ccc2C1. The van der Waals surface area contributed by atoms with Crippen molar-refractivity contribution in [2.75, 3.05) is 23.0 Å². The van der Waals surface area contributed by atoms with Crippen LogP contribution in [-0.4, -0.2) is 44.0 Å². The molecule has 2 N–H and O–H groups in total. The predicted octanol–water partition coefficient (Wildman–Crippen LogP) is 7.19. The Morgan fingerprint density at radius 2 is 1.73 bits per heavy atom. The maximum atomic E-state index is 11.6. The Hall–Kier alpha value is -2.08. The zero-order valence-corrected chi connectivity index (χ0v) is 26.8. The molecule has 2 aromatic carbocycles. The standard InChI is InChI=1S/C30H36ClNO6S3/c1-5-22(12-24-14-23-7-6-19(2)10-26(23)27(24)11-20(3)17-40(33,34)35)13-30-32(16-21(4)18-41(36,37)38)28-15-25(31)8-9-29(28)39-30/h6-10,12-13,15,20-21H,5,11,14,16-18H2,1-4H3,(H,33,34,35)(H,36,37,38)/b22-12+,30-13-. The van der Waals surface area contributed by atoms with Gasteiger partial charge in [0, 0.05) is 16.5 Å². The number of allylic oxidation sites excluding steroid dienone is 5. The molecule has 0 radical (unpaired) electrons. The van der Waals surface area contributed by atoms with Crippen molar-refractivity contribution in [1.82, 2.24) is 0 Å². The van der Waals surface area contributed by atoms with Gasteiger partial charge in [0.05, 0.1) is 22.2 Å². The summed E-state index contributed by atoms with van der Waals surface area (Å²) in [6.07, 6.45) is 6.28. The van der Waals surface area contributed by atoms with Crippen molar-refractivity contribution in [3.63, 3.8) is 0 Å². The number of rotatable bonds is 11. The summed E-state index contributed by atoms with van der Waals surface area (Å²) >= 11 is 7.90. The highest BCUT2D eigenvalue weighted by molar-refractivity contribution is 8.03. The van der Waals surface area contributed by atoms with Crippen LogP contribution in [0.5, 0.6) is 0 Å². The van der Waals surface area contributed by atoms with Crippen LogP contribution in [0.15, 0.2) is 69.6 Å². The second kappa shape index (κ2) is 12.7.